The third-order valence-electron chi connectivity index (χ3n) is 4.91. The van der Waals surface area contributed by atoms with Crippen LogP contribution in [0.1, 0.15) is 16.7 Å². The van der Waals surface area contributed by atoms with Crippen LogP contribution in [0.5, 0.6) is 0 Å². The van der Waals surface area contributed by atoms with Crippen molar-refractivity contribution in [1.82, 2.24) is 4.98 Å². The molecule has 2 aromatic carbocycles. The summed E-state index contributed by atoms with van der Waals surface area (Å²) < 4.78 is 5.29. The molecule has 0 saturated carbocycles. The van der Waals surface area contributed by atoms with Gasteiger partial charge in [-0.25, -0.2) is 4.79 Å². The van der Waals surface area contributed by atoms with Gasteiger partial charge in [-0.15, -0.1) is 0 Å². The van der Waals surface area contributed by atoms with E-state index in [1.54, 1.807) is 12.4 Å². The Kier molecular flexibility index (Phi) is 5.52. The molecule has 28 heavy (non-hydrogen) atoms. The molecule has 0 spiro atoms. The summed E-state index contributed by atoms with van der Waals surface area (Å²) in [5.74, 6) is 0. The molecule has 5 nitrogen and oxygen atoms in total. The maximum absolute atomic E-state index is 12.1. The van der Waals surface area contributed by atoms with Crippen LogP contribution in [-0.4, -0.2) is 24.2 Å². The molecule has 0 saturated heterocycles. The normalized spacial score (nSPS) is 12.5. The molecule has 1 aliphatic rings. The summed E-state index contributed by atoms with van der Waals surface area (Å²) in [6.45, 7) is 2.23. The van der Waals surface area contributed by atoms with Gasteiger partial charge in [0, 0.05) is 43.3 Å². The van der Waals surface area contributed by atoms with E-state index < -0.39 is 6.09 Å². The summed E-state index contributed by atoms with van der Waals surface area (Å²) >= 11 is 0. The number of fused-ring (bicyclic) bond motifs is 1. The van der Waals surface area contributed by atoms with E-state index >= 15 is 0 Å². The van der Waals surface area contributed by atoms with Gasteiger partial charge < -0.3 is 9.64 Å². The van der Waals surface area contributed by atoms with Crippen molar-refractivity contribution in [1.29, 1.82) is 0 Å². The SMILES string of the molecule is O=C(Nc1ccc2c(c1)CCN2Cc1ccccc1)OCCc1ccncc1. The van der Waals surface area contributed by atoms with Crippen LogP contribution in [0.4, 0.5) is 16.2 Å². The molecule has 0 unspecified atom stereocenters. The van der Waals surface area contributed by atoms with E-state index in [0.717, 1.165) is 30.8 Å². The fourth-order valence-corrected chi connectivity index (χ4v) is 3.48. The molecule has 3 aromatic rings. The number of anilines is 2. The fourth-order valence-electron chi connectivity index (χ4n) is 3.48. The van der Waals surface area contributed by atoms with E-state index in [4.69, 9.17) is 4.74 Å². The van der Waals surface area contributed by atoms with E-state index in [1.165, 1.54) is 16.8 Å². The van der Waals surface area contributed by atoms with Crippen LogP contribution >= 0.6 is 0 Å². The summed E-state index contributed by atoms with van der Waals surface area (Å²) in [4.78, 5) is 18.4. The lowest BCUT2D eigenvalue weighted by atomic mass is 10.1. The van der Waals surface area contributed by atoms with E-state index in [1.807, 2.05) is 30.3 Å². The Balaban J connectivity index is 1.31. The van der Waals surface area contributed by atoms with E-state index in [2.05, 4.69) is 45.5 Å². The van der Waals surface area contributed by atoms with Crippen LogP contribution in [0.3, 0.4) is 0 Å². The molecule has 0 bridgehead atoms. The number of hydrogen-bond donors (Lipinski definition) is 1. The molecule has 4 rings (SSSR count). The summed E-state index contributed by atoms with van der Waals surface area (Å²) in [6, 6.07) is 20.4. The molecule has 5 heteroatoms. The van der Waals surface area contributed by atoms with Gasteiger partial charge in [0.05, 0.1) is 6.61 Å². The van der Waals surface area contributed by atoms with E-state index in [9.17, 15) is 4.79 Å². The molecule has 142 valence electrons. The van der Waals surface area contributed by atoms with Crippen molar-refractivity contribution in [3.63, 3.8) is 0 Å². The topological polar surface area (TPSA) is 54.5 Å². The van der Waals surface area contributed by atoms with Crippen molar-refractivity contribution >= 4 is 17.5 Å². The third kappa shape index (κ3) is 4.49. The first kappa shape index (κ1) is 18.0. The second kappa shape index (κ2) is 8.57. The van der Waals surface area contributed by atoms with Gasteiger partial charge in [-0.1, -0.05) is 30.3 Å². The standard InChI is InChI=1S/C23H23N3O2/c27-23(28-15-11-18-8-12-24-13-9-18)25-21-6-7-22-20(16-21)10-14-26(22)17-19-4-2-1-3-5-19/h1-9,12-13,16H,10-11,14-15,17H2,(H,25,27). The summed E-state index contributed by atoms with van der Waals surface area (Å²) in [5, 5.41) is 2.83. The zero-order chi connectivity index (χ0) is 19.2. The van der Waals surface area contributed by atoms with Crippen LogP contribution in [0.25, 0.3) is 0 Å². The number of ether oxygens (including phenoxy) is 1. The number of aromatic nitrogens is 1. The number of hydrogen-bond acceptors (Lipinski definition) is 4. The zero-order valence-corrected chi connectivity index (χ0v) is 15.7. The Hall–Kier alpha value is -3.34. The Morgan fingerprint density at radius 3 is 2.68 bits per heavy atom. The quantitative estimate of drug-likeness (QED) is 0.694. The first-order chi connectivity index (χ1) is 13.8. The number of carbonyl (C=O) groups excluding carboxylic acids is 1. The van der Waals surface area contributed by atoms with Gasteiger partial charge in [-0.3, -0.25) is 10.3 Å². The molecule has 0 aliphatic carbocycles. The molecule has 0 radical (unpaired) electrons. The smallest absolute Gasteiger partial charge is 0.411 e. The monoisotopic (exact) mass is 373 g/mol. The molecule has 0 atom stereocenters. The average molecular weight is 373 g/mol. The van der Waals surface area contributed by atoms with Crippen LogP contribution in [0, 0.1) is 0 Å². The summed E-state index contributed by atoms with van der Waals surface area (Å²) in [5.41, 5.74) is 5.66. The molecule has 1 aliphatic heterocycles. The molecule has 2 heterocycles. The van der Waals surface area contributed by atoms with Gasteiger partial charge in [-0.05, 0) is 53.4 Å². The van der Waals surface area contributed by atoms with Crippen molar-refractivity contribution in [3.05, 3.63) is 89.7 Å². The van der Waals surface area contributed by atoms with Gasteiger partial charge in [0.15, 0.2) is 0 Å². The molecular weight excluding hydrogens is 350 g/mol. The lowest BCUT2D eigenvalue weighted by Gasteiger charge is -2.19. The maximum Gasteiger partial charge on any atom is 0.411 e. The minimum absolute atomic E-state index is 0.339. The van der Waals surface area contributed by atoms with Crippen LogP contribution in [0.2, 0.25) is 0 Å². The highest BCUT2D eigenvalue weighted by atomic mass is 16.5. The van der Waals surface area contributed by atoms with Crippen molar-refractivity contribution in [2.24, 2.45) is 0 Å². The predicted octanol–water partition coefficient (Wildman–Crippen LogP) is 4.44. The van der Waals surface area contributed by atoms with Crippen molar-refractivity contribution < 1.29 is 9.53 Å². The molecule has 1 amide bonds. The number of carbonyl (C=O) groups is 1. The number of nitrogens with one attached hydrogen (secondary N) is 1. The van der Waals surface area contributed by atoms with E-state index in [-0.39, 0.29) is 0 Å². The number of amides is 1. The minimum atomic E-state index is -0.423. The molecular formula is C23H23N3O2. The maximum atomic E-state index is 12.1. The van der Waals surface area contributed by atoms with Gasteiger partial charge in [0.25, 0.3) is 0 Å². The average Bonchev–Trinajstić information content (AvgIpc) is 3.11. The highest BCUT2D eigenvalue weighted by molar-refractivity contribution is 5.85. The van der Waals surface area contributed by atoms with Crippen LogP contribution < -0.4 is 10.2 Å². The molecule has 1 N–H and O–H groups in total. The Morgan fingerprint density at radius 1 is 1.04 bits per heavy atom. The molecule has 0 fully saturated rings. The second-order valence-electron chi connectivity index (χ2n) is 6.87. The number of benzene rings is 2. The summed E-state index contributed by atoms with van der Waals surface area (Å²) in [6.07, 6.45) is 4.71. The van der Waals surface area contributed by atoms with Crippen molar-refractivity contribution in [3.8, 4) is 0 Å². The Bertz CT molecular complexity index is 929. The van der Waals surface area contributed by atoms with Crippen LogP contribution in [0.15, 0.2) is 73.1 Å². The van der Waals surface area contributed by atoms with Crippen molar-refractivity contribution in [2.75, 3.05) is 23.4 Å². The lowest BCUT2D eigenvalue weighted by Crippen LogP contribution is -2.19. The minimum Gasteiger partial charge on any atom is -0.449 e. The van der Waals surface area contributed by atoms with Crippen LogP contribution in [-0.2, 0) is 24.1 Å². The zero-order valence-electron chi connectivity index (χ0n) is 15.7. The highest BCUT2D eigenvalue weighted by Gasteiger charge is 2.19. The Labute approximate surface area is 165 Å². The first-order valence-corrected chi connectivity index (χ1v) is 9.52. The lowest BCUT2D eigenvalue weighted by molar-refractivity contribution is 0.163. The molecule has 1 aromatic heterocycles. The number of rotatable bonds is 6. The Morgan fingerprint density at radius 2 is 1.86 bits per heavy atom. The largest absolute Gasteiger partial charge is 0.449 e. The van der Waals surface area contributed by atoms with Gasteiger partial charge in [-0.2, -0.15) is 0 Å². The van der Waals surface area contributed by atoms with Gasteiger partial charge in [0.1, 0.15) is 0 Å². The highest BCUT2D eigenvalue weighted by Crippen LogP contribution is 2.31. The van der Waals surface area contributed by atoms with Gasteiger partial charge >= 0.3 is 6.09 Å². The fraction of sp³-hybridized carbons (Fsp3) is 0.217. The summed E-state index contributed by atoms with van der Waals surface area (Å²) in [7, 11) is 0. The van der Waals surface area contributed by atoms with Gasteiger partial charge in [0.2, 0.25) is 0 Å². The van der Waals surface area contributed by atoms with Crippen molar-refractivity contribution in [2.45, 2.75) is 19.4 Å². The first-order valence-electron chi connectivity index (χ1n) is 9.52. The predicted molar refractivity (Wildman–Crippen MR) is 111 cm³/mol. The van der Waals surface area contributed by atoms with E-state index in [0.29, 0.717) is 13.0 Å². The number of nitrogens with zero attached hydrogens (tertiary/aromatic N) is 2. The second-order valence-corrected chi connectivity index (χ2v) is 6.87. The number of pyridine rings is 1. The third-order valence-corrected chi connectivity index (χ3v) is 4.91.